The van der Waals surface area contributed by atoms with E-state index in [1.165, 1.54) is 11.1 Å². The van der Waals surface area contributed by atoms with E-state index in [0.717, 1.165) is 0 Å². The smallest absolute Gasteiger partial charge is 0.192 e. The Morgan fingerprint density at radius 2 is 0.958 bits per heavy atom. The fraction of sp³-hybridized carbons (Fsp3) is 0.700. The molecule has 0 amide bonds. The number of hydrogen-bond donors (Lipinski definition) is 0. The standard InChI is InChI=1S/C20H38O2Si2/c1-19(2,3)23(7,8)21-15-17-13-11-12-14-18(17)16-22-24(9,10)20(4,5)6/h11-14H,15-16H2,1-10H3. The van der Waals surface area contributed by atoms with Gasteiger partial charge in [-0.05, 0) is 47.4 Å². The Labute approximate surface area is 152 Å². The molecule has 1 aromatic carbocycles. The van der Waals surface area contributed by atoms with Gasteiger partial charge >= 0.3 is 0 Å². The highest BCUT2D eigenvalue weighted by Crippen LogP contribution is 2.38. The molecule has 0 atom stereocenters. The van der Waals surface area contributed by atoms with Gasteiger partial charge in [-0.1, -0.05) is 65.8 Å². The molecule has 0 N–H and O–H groups in total. The number of benzene rings is 1. The topological polar surface area (TPSA) is 18.5 Å². The van der Waals surface area contributed by atoms with Gasteiger partial charge in [-0.15, -0.1) is 0 Å². The summed E-state index contributed by atoms with van der Waals surface area (Å²) in [6, 6.07) is 8.55. The van der Waals surface area contributed by atoms with Crippen LogP contribution in [-0.4, -0.2) is 16.6 Å². The molecule has 0 saturated heterocycles. The maximum Gasteiger partial charge on any atom is 0.192 e. The van der Waals surface area contributed by atoms with Gasteiger partial charge in [0.2, 0.25) is 0 Å². The largest absolute Gasteiger partial charge is 0.413 e. The Morgan fingerprint density at radius 3 is 1.21 bits per heavy atom. The van der Waals surface area contributed by atoms with E-state index in [9.17, 15) is 0 Å². The quantitative estimate of drug-likeness (QED) is 0.520. The number of rotatable bonds is 6. The van der Waals surface area contributed by atoms with E-state index < -0.39 is 16.6 Å². The van der Waals surface area contributed by atoms with Crippen molar-refractivity contribution in [3.8, 4) is 0 Å². The third-order valence-corrected chi connectivity index (χ3v) is 14.9. The molecule has 0 heterocycles. The van der Waals surface area contributed by atoms with Crippen molar-refractivity contribution in [2.24, 2.45) is 0 Å². The highest BCUT2D eigenvalue weighted by molar-refractivity contribution is 6.74. The van der Waals surface area contributed by atoms with Crippen LogP contribution >= 0.6 is 0 Å². The monoisotopic (exact) mass is 366 g/mol. The Balaban J connectivity index is 2.83. The van der Waals surface area contributed by atoms with Gasteiger partial charge in [0.25, 0.3) is 0 Å². The van der Waals surface area contributed by atoms with E-state index >= 15 is 0 Å². The molecule has 1 rings (SSSR count). The van der Waals surface area contributed by atoms with Crippen LogP contribution in [0.1, 0.15) is 52.7 Å². The van der Waals surface area contributed by atoms with Gasteiger partial charge in [0, 0.05) is 0 Å². The predicted molar refractivity (Wildman–Crippen MR) is 110 cm³/mol. The van der Waals surface area contributed by atoms with E-state index in [0.29, 0.717) is 13.2 Å². The lowest BCUT2D eigenvalue weighted by atomic mass is 10.1. The van der Waals surface area contributed by atoms with E-state index in [-0.39, 0.29) is 10.1 Å². The summed E-state index contributed by atoms with van der Waals surface area (Å²) in [7, 11) is -3.46. The summed E-state index contributed by atoms with van der Waals surface area (Å²) in [5, 5.41) is 0.471. The minimum Gasteiger partial charge on any atom is -0.413 e. The Bertz CT molecular complexity index is 488. The first-order valence-corrected chi connectivity index (χ1v) is 14.8. The minimum absolute atomic E-state index is 0.236. The molecular weight excluding hydrogens is 328 g/mol. The Hall–Kier alpha value is -0.426. The van der Waals surface area contributed by atoms with Crippen LogP contribution in [0.25, 0.3) is 0 Å². The van der Waals surface area contributed by atoms with Crippen molar-refractivity contribution < 1.29 is 8.85 Å². The molecule has 2 nitrogen and oxygen atoms in total. The zero-order valence-corrected chi connectivity index (χ0v) is 19.5. The predicted octanol–water partition coefficient (Wildman–Crippen LogP) is 6.73. The lowest BCUT2D eigenvalue weighted by molar-refractivity contribution is 0.257. The fourth-order valence-electron chi connectivity index (χ4n) is 1.79. The molecule has 0 radical (unpaired) electrons. The molecule has 138 valence electrons. The maximum absolute atomic E-state index is 6.41. The summed E-state index contributed by atoms with van der Waals surface area (Å²) in [4.78, 5) is 0. The molecule has 4 heteroatoms. The second kappa shape index (κ2) is 7.44. The molecule has 0 aromatic heterocycles. The van der Waals surface area contributed by atoms with Crippen molar-refractivity contribution in [2.45, 2.75) is 91.0 Å². The molecule has 0 fully saturated rings. The van der Waals surface area contributed by atoms with Crippen molar-refractivity contribution in [3.63, 3.8) is 0 Å². The van der Waals surface area contributed by atoms with Crippen molar-refractivity contribution >= 4 is 16.6 Å². The molecule has 0 aliphatic heterocycles. The van der Waals surface area contributed by atoms with Crippen LogP contribution < -0.4 is 0 Å². The van der Waals surface area contributed by atoms with Crippen molar-refractivity contribution in [3.05, 3.63) is 35.4 Å². The van der Waals surface area contributed by atoms with Crippen LogP contribution in [0, 0.1) is 0 Å². The molecular formula is C20H38O2Si2. The van der Waals surface area contributed by atoms with Gasteiger partial charge in [0.15, 0.2) is 16.6 Å². The van der Waals surface area contributed by atoms with Crippen LogP contribution in [0.5, 0.6) is 0 Å². The normalized spacial score (nSPS) is 14.1. The average Bonchev–Trinajstić information content (AvgIpc) is 2.41. The summed E-state index contributed by atoms with van der Waals surface area (Å²) in [5.74, 6) is 0. The van der Waals surface area contributed by atoms with Gasteiger partial charge in [-0.3, -0.25) is 0 Å². The second-order valence-corrected chi connectivity index (χ2v) is 19.5. The number of hydrogen-bond acceptors (Lipinski definition) is 2. The van der Waals surface area contributed by atoms with Gasteiger partial charge in [-0.2, -0.15) is 0 Å². The minimum atomic E-state index is -1.73. The van der Waals surface area contributed by atoms with Crippen LogP contribution in [0.15, 0.2) is 24.3 Å². The van der Waals surface area contributed by atoms with E-state index in [1.54, 1.807) is 0 Å². The lowest BCUT2D eigenvalue weighted by Crippen LogP contribution is -2.41. The summed E-state index contributed by atoms with van der Waals surface area (Å²) < 4.78 is 12.8. The van der Waals surface area contributed by atoms with E-state index in [1.807, 2.05) is 0 Å². The van der Waals surface area contributed by atoms with Gasteiger partial charge in [-0.25, -0.2) is 0 Å². The summed E-state index contributed by atoms with van der Waals surface area (Å²) in [6.45, 7) is 24.3. The van der Waals surface area contributed by atoms with Crippen LogP contribution in [0.3, 0.4) is 0 Å². The SMILES string of the molecule is CC(C)(C)[Si](C)(C)OCc1ccccc1CO[Si](C)(C)C(C)(C)C. The second-order valence-electron chi connectivity index (χ2n) is 9.87. The van der Waals surface area contributed by atoms with Crippen LogP contribution in [-0.2, 0) is 22.1 Å². The first-order valence-electron chi connectivity index (χ1n) is 9.02. The Kier molecular flexibility index (Phi) is 6.70. The zero-order valence-electron chi connectivity index (χ0n) is 17.5. The maximum atomic E-state index is 6.41. The summed E-state index contributed by atoms with van der Waals surface area (Å²) in [6.07, 6.45) is 0. The molecule has 0 aliphatic carbocycles. The molecule has 0 spiro atoms. The first-order chi connectivity index (χ1) is 10.7. The third-order valence-electron chi connectivity index (χ3n) is 5.91. The molecule has 0 bridgehead atoms. The van der Waals surface area contributed by atoms with Crippen LogP contribution in [0.4, 0.5) is 0 Å². The van der Waals surface area contributed by atoms with Gasteiger partial charge in [0.05, 0.1) is 13.2 Å². The highest BCUT2D eigenvalue weighted by Gasteiger charge is 2.38. The summed E-state index contributed by atoms with van der Waals surface area (Å²) in [5.41, 5.74) is 2.53. The molecule has 0 saturated carbocycles. The summed E-state index contributed by atoms with van der Waals surface area (Å²) >= 11 is 0. The molecule has 1 aromatic rings. The third kappa shape index (κ3) is 5.55. The molecule has 0 aliphatic rings. The van der Waals surface area contributed by atoms with E-state index in [4.69, 9.17) is 8.85 Å². The average molecular weight is 367 g/mol. The lowest BCUT2D eigenvalue weighted by Gasteiger charge is -2.37. The zero-order chi connectivity index (χ0) is 18.8. The van der Waals surface area contributed by atoms with Gasteiger partial charge in [0.1, 0.15) is 0 Å². The van der Waals surface area contributed by atoms with Gasteiger partial charge < -0.3 is 8.85 Å². The van der Waals surface area contributed by atoms with Crippen LogP contribution in [0.2, 0.25) is 36.3 Å². The fourth-order valence-corrected chi connectivity index (χ4v) is 3.69. The van der Waals surface area contributed by atoms with Crippen molar-refractivity contribution in [2.75, 3.05) is 0 Å². The highest BCUT2D eigenvalue weighted by atomic mass is 28.4. The molecule has 24 heavy (non-hydrogen) atoms. The van der Waals surface area contributed by atoms with Crippen molar-refractivity contribution in [1.82, 2.24) is 0 Å². The first kappa shape index (κ1) is 21.6. The van der Waals surface area contributed by atoms with Crippen molar-refractivity contribution in [1.29, 1.82) is 0 Å². The molecule has 0 unspecified atom stereocenters. The van der Waals surface area contributed by atoms with E-state index in [2.05, 4.69) is 92.0 Å². The Morgan fingerprint density at radius 1 is 0.667 bits per heavy atom.